The van der Waals surface area contributed by atoms with Crippen molar-refractivity contribution in [3.05, 3.63) is 80.8 Å². The molecule has 3 rings (SSSR count). The van der Waals surface area contributed by atoms with Gasteiger partial charge in [-0.15, -0.1) is 0 Å². The Hall–Kier alpha value is -4.12. The molecule has 0 bridgehead atoms. The van der Waals surface area contributed by atoms with Crippen LogP contribution in [0, 0.1) is 49.7 Å². The Labute approximate surface area is 150 Å². The lowest BCUT2D eigenvalue weighted by molar-refractivity contribution is 1.47. The number of benzene rings is 3. The average molecular weight is 332 g/mol. The number of rotatable bonds is 0. The molecule has 0 aromatic heterocycles. The van der Waals surface area contributed by atoms with Crippen molar-refractivity contribution < 1.29 is 0 Å². The predicted molar refractivity (Wildman–Crippen MR) is 101 cm³/mol. The summed E-state index contributed by atoms with van der Waals surface area (Å²) in [5.74, 6) is 0. The van der Waals surface area contributed by atoms with Gasteiger partial charge in [-0.05, 0) is 35.4 Å². The quantitative estimate of drug-likeness (QED) is 0.465. The molecule has 0 aliphatic rings. The molecular weight excluding hydrogens is 320 g/mol. The van der Waals surface area contributed by atoms with Crippen LogP contribution in [0.5, 0.6) is 0 Å². The van der Waals surface area contributed by atoms with Gasteiger partial charge in [-0.25, -0.2) is 20.2 Å². The van der Waals surface area contributed by atoms with Crippen LogP contribution in [-0.2, 0) is 0 Å². The number of fused-ring (bicyclic) bond motifs is 2. The molecule has 0 saturated heterocycles. The first-order valence-corrected chi connectivity index (χ1v) is 7.82. The molecular formula is C22H12N4. The molecule has 0 amide bonds. The third-order valence-corrected chi connectivity index (χ3v) is 4.34. The summed E-state index contributed by atoms with van der Waals surface area (Å²) in [6, 6.07) is 15.3. The molecule has 0 unspecified atom stereocenters. The molecule has 0 N–H and O–H groups in total. The van der Waals surface area contributed by atoms with E-state index in [2.05, 4.69) is 9.69 Å². The summed E-state index contributed by atoms with van der Waals surface area (Å²) in [7, 11) is 0. The maximum absolute atomic E-state index is 9.49. The zero-order chi connectivity index (χ0) is 18.8. The van der Waals surface area contributed by atoms with Crippen molar-refractivity contribution in [2.45, 2.75) is 13.8 Å². The van der Waals surface area contributed by atoms with E-state index in [-0.39, 0.29) is 11.4 Å². The number of hydrogen-bond acceptors (Lipinski definition) is 2. The zero-order valence-electron chi connectivity index (χ0n) is 14.3. The standard InChI is InChI=1S/C22H12N4/c1-13-5-7-15-17(9-13)21(19(11-23)25-3)16-8-6-14(2)10-18(16)22(15)20(12-24)26-4/h5-10H,1-2H3/b21-19-,22-20+. The lowest BCUT2D eigenvalue weighted by atomic mass is 9.94. The molecule has 26 heavy (non-hydrogen) atoms. The largest absolute Gasteiger partial charge is 0.270 e. The molecule has 0 spiro atoms. The number of nitriles is 2. The summed E-state index contributed by atoms with van der Waals surface area (Å²) < 4.78 is 0. The van der Waals surface area contributed by atoms with Gasteiger partial charge in [0.15, 0.2) is 0 Å². The van der Waals surface area contributed by atoms with Gasteiger partial charge in [0.2, 0.25) is 0 Å². The Morgan fingerprint density at radius 2 is 1.12 bits per heavy atom. The second kappa shape index (κ2) is 6.41. The fourth-order valence-electron chi connectivity index (χ4n) is 3.24. The maximum atomic E-state index is 9.49. The van der Waals surface area contributed by atoms with Gasteiger partial charge in [0.1, 0.15) is 0 Å². The normalized spacial score (nSPS) is 12.5. The van der Waals surface area contributed by atoms with Crippen molar-refractivity contribution >= 4 is 32.9 Å². The first-order valence-electron chi connectivity index (χ1n) is 7.82. The van der Waals surface area contributed by atoms with Crippen molar-refractivity contribution in [3.63, 3.8) is 0 Å². The summed E-state index contributed by atoms with van der Waals surface area (Å²) in [6.45, 7) is 18.7. The highest BCUT2D eigenvalue weighted by molar-refractivity contribution is 6.04. The highest BCUT2D eigenvalue weighted by atomic mass is 14.7. The van der Waals surface area contributed by atoms with Crippen LogP contribution >= 0.6 is 0 Å². The van der Waals surface area contributed by atoms with E-state index in [4.69, 9.17) is 13.1 Å². The molecule has 0 saturated carbocycles. The van der Waals surface area contributed by atoms with E-state index >= 15 is 0 Å². The molecule has 0 atom stereocenters. The third-order valence-electron chi connectivity index (χ3n) is 4.34. The van der Waals surface area contributed by atoms with Crippen molar-refractivity contribution in [2.24, 2.45) is 0 Å². The van der Waals surface area contributed by atoms with Gasteiger partial charge >= 0.3 is 0 Å². The Morgan fingerprint density at radius 1 is 0.731 bits per heavy atom. The monoisotopic (exact) mass is 332 g/mol. The van der Waals surface area contributed by atoms with Crippen LogP contribution in [0.1, 0.15) is 11.1 Å². The molecule has 0 aliphatic heterocycles. The van der Waals surface area contributed by atoms with Gasteiger partial charge < -0.3 is 0 Å². The van der Waals surface area contributed by atoms with E-state index < -0.39 is 0 Å². The van der Waals surface area contributed by atoms with Crippen LogP contribution in [0.3, 0.4) is 0 Å². The molecule has 3 aromatic rings. The van der Waals surface area contributed by atoms with Gasteiger partial charge in [0, 0.05) is 10.4 Å². The smallest absolute Gasteiger partial charge is 0.226 e. The van der Waals surface area contributed by atoms with Gasteiger partial charge in [-0.3, -0.25) is 0 Å². The second-order valence-electron chi connectivity index (χ2n) is 5.99. The minimum Gasteiger partial charge on any atom is -0.226 e. The molecule has 0 heterocycles. The van der Waals surface area contributed by atoms with Gasteiger partial charge in [0.25, 0.3) is 11.4 Å². The third kappa shape index (κ3) is 2.44. The van der Waals surface area contributed by atoms with Crippen molar-refractivity contribution in [2.75, 3.05) is 0 Å². The van der Waals surface area contributed by atoms with E-state index in [0.717, 1.165) is 11.1 Å². The van der Waals surface area contributed by atoms with Gasteiger partial charge in [0.05, 0.1) is 25.3 Å². The molecule has 0 aliphatic carbocycles. The van der Waals surface area contributed by atoms with Crippen LogP contribution in [0.4, 0.5) is 0 Å². The van der Waals surface area contributed by atoms with Crippen LogP contribution in [0.15, 0.2) is 36.4 Å². The predicted octanol–water partition coefficient (Wildman–Crippen LogP) is 3.71. The summed E-state index contributed by atoms with van der Waals surface area (Å²) in [5.41, 5.74) is 1.95. The number of aryl methyl sites for hydroxylation is 2. The van der Waals surface area contributed by atoms with E-state index in [1.165, 1.54) is 0 Å². The minimum atomic E-state index is 0.00215. The van der Waals surface area contributed by atoms with Crippen molar-refractivity contribution in [1.29, 1.82) is 10.5 Å². The first-order chi connectivity index (χ1) is 12.5. The van der Waals surface area contributed by atoms with Crippen LogP contribution in [0.25, 0.3) is 42.6 Å². The molecule has 0 radical (unpaired) electrons. The van der Waals surface area contributed by atoms with Gasteiger partial charge in [-0.1, -0.05) is 47.5 Å². The first kappa shape index (κ1) is 16.7. The van der Waals surface area contributed by atoms with Crippen LogP contribution in [-0.4, -0.2) is 0 Å². The Kier molecular flexibility index (Phi) is 4.12. The Balaban J connectivity index is 2.97. The zero-order valence-corrected chi connectivity index (χ0v) is 14.3. The Morgan fingerprint density at radius 3 is 1.42 bits per heavy atom. The van der Waals surface area contributed by atoms with E-state index in [9.17, 15) is 10.5 Å². The molecule has 3 aromatic carbocycles. The second-order valence-corrected chi connectivity index (χ2v) is 5.99. The molecule has 4 heteroatoms. The summed E-state index contributed by atoms with van der Waals surface area (Å²) >= 11 is 0. The average Bonchev–Trinajstić information content (AvgIpc) is 2.64. The lowest BCUT2D eigenvalue weighted by Crippen LogP contribution is -2.18. The van der Waals surface area contributed by atoms with Crippen LogP contribution in [0.2, 0.25) is 0 Å². The van der Waals surface area contributed by atoms with E-state index in [1.54, 1.807) is 0 Å². The molecule has 0 fully saturated rings. The summed E-state index contributed by atoms with van der Waals surface area (Å²) in [4.78, 5) is 6.83. The van der Waals surface area contributed by atoms with E-state index in [0.29, 0.717) is 32.0 Å². The fraction of sp³-hybridized carbons (Fsp3) is 0.0909. The van der Waals surface area contributed by atoms with E-state index in [1.807, 2.05) is 62.4 Å². The minimum absolute atomic E-state index is 0.00215. The van der Waals surface area contributed by atoms with Crippen molar-refractivity contribution in [3.8, 4) is 12.1 Å². The summed E-state index contributed by atoms with van der Waals surface area (Å²) in [6.07, 6.45) is 0. The van der Waals surface area contributed by atoms with Gasteiger partial charge in [-0.2, -0.15) is 0 Å². The highest BCUT2D eigenvalue weighted by Gasteiger charge is 2.12. The topological polar surface area (TPSA) is 56.3 Å². The lowest BCUT2D eigenvalue weighted by Gasteiger charge is -2.10. The highest BCUT2D eigenvalue weighted by Crippen LogP contribution is 2.19. The fourth-order valence-corrected chi connectivity index (χ4v) is 3.24. The molecule has 4 nitrogen and oxygen atoms in total. The maximum Gasteiger partial charge on any atom is 0.270 e. The number of hydrogen-bond donors (Lipinski definition) is 0. The van der Waals surface area contributed by atoms with Crippen molar-refractivity contribution in [1.82, 2.24) is 0 Å². The Bertz CT molecular complexity index is 1240. The summed E-state index contributed by atoms with van der Waals surface area (Å²) in [5, 5.41) is 22.9. The molecule has 120 valence electrons. The van der Waals surface area contributed by atoms with Crippen LogP contribution < -0.4 is 10.4 Å². The SMILES string of the molecule is [C-]#[N+]/C(C#N)=c1\c2cc(C)ccc2/c(=C(/C#N)[N+]#[C-])c2cc(C)ccc12. The number of nitrogens with zero attached hydrogens (tertiary/aromatic N) is 4.